The third-order valence-corrected chi connectivity index (χ3v) is 19.1. The Labute approximate surface area is 663 Å². The van der Waals surface area contributed by atoms with Crippen LogP contribution in [0.25, 0.3) is 33.1 Å². The minimum atomic E-state index is -1.44. The van der Waals surface area contributed by atoms with Crippen molar-refractivity contribution in [3.8, 4) is 17.2 Å². The molecule has 0 bridgehead atoms. The van der Waals surface area contributed by atoms with Crippen molar-refractivity contribution in [3.63, 3.8) is 0 Å². The van der Waals surface area contributed by atoms with E-state index in [9.17, 15) is 40.5 Å². The Morgan fingerprint density at radius 3 is 1.21 bits per heavy atom. The topological polar surface area (TPSA) is 396 Å². The maximum atomic E-state index is 11.3. The summed E-state index contributed by atoms with van der Waals surface area (Å²) < 4.78 is 38.8. The molecule has 14 rings (SSSR count). The number of nitrogens with zero attached hydrogens (tertiary/aromatic N) is 12. The summed E-state index contributed by atoms with van der Waals surface area (Å²) in [7, 11) is 0. The molecule has 0 saturated carbocycles. The second-order valence-electron chi connectivity index (χ2n) is 28.5. The number of rotatable bonds is 26. The van der Waals surface area contributed by atoms with E-state index in [1.807, 2.05) is 84.7 Å². The summed E-state index contributed by atoms with van der Waals surface area (Å²) in [5.74, 6) is 2.12. The normalized spacial score (nSPS) is 14.8. The van der Waals surface area contributed by atoms with Crippen molar-refractivity contribution in [2.45, 2.75) is 99.6 Å². The summed E-state index contributed by atoms with van der Waals surface area (Å²) in [5, 5.41) is 85.6. The zero-order chi connectivity index (χ0) is 80.5. The van der Waals surface area contributed by atoms with Crippen LogP contribution in [0.1, 0.15) is 77.9 Å². The number of carbonyl (C=O) groups excluding carboxylic acids is 1. The van der Waals surface area contributed by atoms with E-state index in [0.29, 0.717) is 145 Å². The van der Waals surface area contributed by atoms with Gasteiger partial charge in [-0.3, -0.25) is 34.4 Å². The number of nitrogens with two attached hydrogens (primary N) is 1. The third-order valence-electron chi connectivity index (χ3n) is 19.1. The molecule has 0 spiro atoms. The van der Waals surface area contributed by atoms with Crippen molar-refractivity contribution in [1.29, 1.82) is 0 Å². The number of pyridine rings is 3. The van der Waals surface area contributed by atoms with Gasteiger partial charge in [-0.2, -0.15) is 0 Å². The van der Waals surface area contributed by atoms with E-state index >= 15 is 0 Å². The molecular weight excluding hydrogens is 1490 g/mol. The number of nitrogen functional groups attached to an aromatic ring is 1. The number of nitrogens with one attached hydrogen (secondary N) is 4. The van der Waals surface area contributed by atoms with Crippen LogP contribution in [0.3, 0.4) is 0 Å². The Kier molecular flexibility index (Phi) is 31.7. The van der Waals surface area contributed by atoms with Crippen LogP contribution in [-0.2, 0) is 69.5 Å². The predicted molar refractivity (Wildman–Crippen MR) is 430 cm³/mol. The molecule has 113 heavy (non-hydrogen) atoms. The van der Waals surface area contributed by atoms with E-state index in [1.54, 1.807) is 54.6 Å². The molecule has 0 radical (unpaired) electrons. The summed E-state index contributed by atoms with van der Waals surface area (Å²) in [6.45, 7) is 27.2. The number of aromatic hydroxyl groups is 3. The van der Waals surface area contributed by atoms with E-state index in [0.717, 1.165) is 113 Å². The second kappa shape index (κ2) is 42.0. The number of aliphatic hydroxyl groups is 4. The van der Waals surface area contributed by atoms with Crippen LogP contribution in [0.4, 0.5) is 29.2 Å². The average molecular weight is 1590 g/mol. The van der Waals surface area contributed by atoms with Crippen molar-refractivity contribution in [2.75, 3.05) is 145 Å². The van der Waals surface area contributed by atoms with Crippen LogP contribution < -0.4 is 27.0 Å². The number of fused-ring (bicyclic) bond motifs is 3. The number of hydrogen-bond acceptors (Lipinski definition) is 27. The number of aldehydes is 1. The van der Waals surface area contributed by atoms with Crippen molar-refractivity contribution >= 4 is 68.6 Å². The van der Waals surface area contributed by atoms with Gasteiger partial charge < -0.3 is 90.7 Å². The Hall–Kier alpha value is -10.3. The molecule has 30 nitrogen and oxygen atoms in total. The molecule has 13 N–H and O–H groups in total. The van der Waals surface area contributed by atoms with Gasteiger partial charge in [0.05, 0.1) is 117 Å². The zero-order valence-corrected chi connectivity index (χ0v) is 66.3. The first kappa shape index (κ1) is 85.2. The molecule has 3 aliphatic rings. The molecule has 603 valence electrons. The number of aryl methyl sites for hydroxylation is 7. The minimum absolute atomic E-state index is 0.0654. The van der Waals surface area contributed by atoms with Gasteiger partial charge in [-0.15, -0.1) is 0 Å². The number of aliphatic hydroxyl groups excluding tert-OH is 4. The van der Waals surface area contributed by atoms with Crippen molar-refractivity contribution in [3.05, 3.63) is 201 Å². The average Bonchev–Trinajstić information content (AvgIpc) is 1.65. The van der Waals surface area contributed by atoms with Gasteiger partial charge in [0.25, 0.3) is 0 Å². The molecule has 3 fully saturated rings. The molecule has 3 aliphatic heterocycles. The van der Waals surface area contributed by atoms with Gasteiger partial charge in [0.2, 0.25) is 17.8 Å². The standard InChI is InChI=1S/C30H38N6O3.C22H29N5O4.C22H27N5O4.C8H11N.Mn.2O/c1-20-12-21(2)14-24(13-20)31-16-23-5-6-26-28(15-23)36(19-27-29(38)7-4-22(3)33-27)30(34-26)32-17-25(37)18-35-8-10-39-11-9-35;1-15-2-5-21(30)19(24-15)13-27-20-4-3-16(14-28)10-18(20)25-22(27)23-11-17(29)12-26-6-8-31-9-7-26;1-15-2-5-21(30)19(24-15)13-27-20-10-16(14-28)3-4-18(20)25-22(27)23-11-17(29)12-26-6-8-31-9-7-26;1-6-3-7(2)5-8(9)4-6;;;/h4-7,12-15,25,31,37-38H,8-11,16-19H2,1-3H3,(H,32,34);2-5,10,17,28-30H,6-9,11-14H2,1H3,(H,23,25);2-5,10,14,17,29-30H,6-9,11-13H2,1H3,(H,23,25);3-5H,9H2,1-2H3;;;. The number of ether oxygens (including phenoxy) is 3. The monoisotopic (exact) mass is 1590 g/mol. The molecule has 3 unspecified atom stereocenters. The number of aromatic nitrogens is 9. The van der Waals surface area contributed by atoms with Crippen LogP contribution in [-0.4, -0.2) is 237 Å². The molecule has 0 aliphatic carbocycles. The van der Waals surface area contributed by atoms with Gasteiger partial charge >= 0.3 is 22.5 Å². The Bertz CT molecular complexity index is 4910. The van der Waals surface area contributed by atoms with Gasteiger partial charge in [-0.1, -0.05) is 24.3 Å². The number of anilines is 5. The van der Waals surface area contributed by atoms with Gasteiger partial charge in [-0.05, 0) is 185 Å². The van der Waals surface area contributed by atoms with Crippen LogP contribution >= 0.6 is 0 Å². The van der Waals surface area contributed by atoms with E-state index in [4.69, 9.17) is 32.6 Å². The predicted octanol–water partition coefficient (Wildman–Crippen LogP) is 7.98. The first-order chi connectivity index (χ1) is 54.5. The number of imidazole rings is 3. The molecule has 0 amide bonds. The second-order valence-corrected chi connectivity index (χ2v) is 28.7. The van der Waals surface area contributed by atoms with E-state index in [2.05, 4.69) is 111 Å². The summed E-state index contributed by atoms with van der Waals surface area (Å²) >= 11 is -1.44. The summed E-state index contributed by atoms with van der Waals surface area (Å²) in [5.41, 5.74) is 23.7. The van der Waals surface area contributed by atoms with Gasteiger partial charge in [0.1, 0.15) is 40.6 Å². The van der Waals surface area contributed by atoms with Crippen molar-refractivity contribution in [1.82, 2.24) is 58.3 Å². The first-order valence-electron chi connectivity index (χ1n) is 37.7. The number of β-amino-alcohol motifs (C(OH)–C–C–N with tert-alkyl or cyclic N) is 3. The van der Waals surface area contributed by atoms with E-state index < -0.39 is 33.1 Å². The number of hydrogen-bond donors (Lipinski definition) is 12. The Morgan fingerprint density at radius 1 is 0.442 bits per heavy atom. The summed E-state index contributed by atoms with van der Waals surface area (Å²) in [6.07, 6.45) is -0.912. The van der Waals surface area contributed by atoms with Crippen LogP contribution in [0.15, 0.2) is 127 Å². The van der Waals surface area contributed by atoms with E-state index in [-0.39, 0.29) is 30.4 Å². The van der Waals surface area contributed by atoms with Crippen LogP contribution in [0.2, 0.25) is 0 Å². The van der Waals surface area contributed by atoms with Gasteiger partial charge in [-0.25, -0.2) is 15.0 Å². The first-order valence-corrected chi connectivity index (χ1v) is 38.7. The van der Waals surface area contributed by atoms with Gasteiger partial charge in [0.15, 0.2) is 0 Å². The van der Waals surface area contributed by atoms with Crippen molar-refractivity contribution < 1.29 is 77.2 Å². The molecule has 3 atom stereocenters. The quantitative estimate of drug-likeness (QED) is 0.0139. The number of carbonyl (C=O) groups is 1. The molecule has 9 heterocycles. The summed E-state index contributed by atoms with van der Waals surface area (Å²) in [4.78, 5) is 45.5. The fourth-order valence-corrected chi connectivity index (χ4v) is 13.6. The maximum absolute atomic E-state index is 11.3. The van der Waals surface area contributed by atoms with Gasteiger partial charge in [0, 0.05) is 119 Å². The molecule has 3 saturated heterocycles. The Morgan fingerprint density at radius 2 is 0.814 bits per heavy atom. The number of morpholine rings is 3. The fourth-order valence-electron chi connectivity index (χ4n) is 13.6. The Balaban J connectivity index is 0.000000168. The molecule has 11 aromatic rings. The summed E-state index contributed by atoms with van der Waals surface area (Å²) in [6, 6.07) is 39.8. The fraction of sp³-hybridized carbons (Fsp3) is 0.402. The van der Waals surface area contributed by atoms with Crippen molar-refractivity contribution in [2.24, 2.45) is 0 Å². The molecule has 6 aromatic heterocycles. The number of benzene rings is 5. The molecule has 31 heteroatoms. The zero-order valence-electron chi connectivity index (χ0n) is 65.1. The third kappa shape index (κ3) is 25.4. The molecule has 5 aromatic carbocycles. The van der Waals surface area contributed by atoms with Crippen LogP contribution in [0.5, 0.6) is 17.2 Å². The van der Waals surface area contributed by atoms with E-state index in [1.165, 1.54) is 22.3 Å². The molecular formula is C82H105MnN17O13. The van der Waals surface area contributed by atoms with Crippen LogP contribution in [0, 0.1) is 48.5 Å². The SMILES string of the molecule is Cc1cc(C)cc(N)c1.Cc1cc(C)cc(NCc2ccc3nc(NCC(O)CN4CCOCC4)n(Cc4nc(C)ccc4O)c3c2)c1.Cc1ccc(O)c(Cn2c(NCC(O)CN3CCOCC3)nc3cc(CO)ccc32)n1.Cc1ccc(O)c(Cn2c(NCC(O)CN3CCOCC3)nc3ccc(C=O)cc32)n1.[O]=[Mn]=[O].